The molecule has 30 heavy (non-hydrogen) atoms. The number of fused-ring (bicyclic) bond motifs is 1. The monoisotopic (exact) mass is 416 g/mol. The Balaban J connectivity index is 1.51. The van der Waals surface area contributed by atoms with Gasteiger partial charge in [0.25, 0.3) is 5.56 Å². The lowest BCUT2D eigenvalue weighted by Gasteiger charge is -2.23. The number of hydrogen-bond acceptors (Lipinski definition) is 5. The summed E-state index contributed by atoms with van der Waals surface area (Å²) in [7, 11) is 0. The molecule has 2 aromatic heterocycles. The molecule has 0 N–H and O–H groups in total. The van der Waals surface area contributed by atoms with Crippen LogP contribution in [0.3, 0.4) is 0 Å². The van der Waals surface area contributed by atoms with Gasteiger partial charge in [0.15, 0.2) is 0 Å². The predicted molar refractivity (Wildman–Crippen MR) is 126 cm³/mol. The van der Waals surface area contributed by atoms with E-state index in [2.05, 4.69) is 65.2 Å². The topological polar surface area (TPSA) is 50.5 Å². The maximum atomic E-state index is 12.6. The first-order chi connectivity index (χ1) is 14.7. The standard InChI is InChI=1S/C24H24N4OS/c1-3-21-14-22-23(30-21)25-17-28(24(22)29)26-15-18-10-12-20(13-11-18)27(4-2)16-19-8-6-5-7-9-19/h5-15,17H,3-4,16H2,1-2H3/b26-15-. The Kier molecular flexibility index (Phi) is 6.05. The Labute approximate surface area is 179 Å². The van der Waals surface area contributed by atoms with Crippen molar-refractivity contribution >= 4 is 33.5 Å². The minimum atomic E-state index is -0.135. The van der Waals surface area contributed by atoms with E-state index in [1.165, 1.54) is 16.6 Å². The van der Waals surface area contributed by atoms with Crippen LogP contribution in [-0.2, 0) is 13.0 Å². The summed E-state index contributed by atoms with van der Waals surface area (Å²) in [5.41, 5.74) is 3.24. The van der Waals surface area contributed by atoms with Crippen molar-refractivity contribution in [3.63, 3.8) is 0 Å². The molecular weight excluding hydrogens is 392 g/mol. The Morgan fingerprint density at radius 2 is 1.87 bits per heavy atom. The SMILES string of the molecule is CCc1cc2c(=O)n(/N=C\c3ccc(N(CC)Cc4ccccc4)cc3)cnc2s1. The van der Waals surface area contributed by atoms with Crippen molar-refractivity contribution < 1.29 is 0 Å². The van der Waals surface area contributed by atoms with Gasteiger partial charge in [-0.05, 0) is 42.7 Å². The maximum absolute atomic E-state index is 12.6. The number of nitrogens with zero attached hydrogens (tertiary/aromatic N) is 4. The summed E-state index contributed by atoms with van der Waals surface area (Å²) >= 11 is 1.56. The summed E-state index contributed by atoms with van der Waals surface area (Å²) in [5, 5.41) is 4.96. The summed E-state index contributed by atoms with van der Waals surface area (Å²) in [6.45, 7) is 6.02. The molecule has 0 saturated carbocycles. The van der Waals surface area contributed by atoms with Gasteiger partial charge in [-0.15, -0.1) is 11.3 Å². The third kappa shape index (κ3) is 4.33. The van der Waals surface area contributed by atoms with Crippen LogP contribution >= 0.6 is 11.3 Å². The minimum absolute atomic E-state index is 0.135. The molecular formula is C24H24N4OS. The lowest BCUT2D eigenvalue weighted by atomic mass is 10.1. The number of hydrogen-bond donors (Lipinski definition) is 0. The third-order valence-electron chi connectivity index (χ3n) is 5.02. The number of benzene rings is 2. The summed E-state index contributed by atoms with van der Waals surface area (Å²) in [6.07, 6.45) is 4.08. The number of anilines is 1. The van der Waals surface area contributed by atoms with Crippen LogP contribution in [0.1, 0.15) is 29.9 Å². The fourth-order valence-electron chi connectivity index (χ4n) is 3.31. The molecule has 0 atom stereocenters. The molecule has 2 heterocycles. The second-order valence-corrected chi connectivity index (χ2v) is 8.13. The van der Waals surface area contributed by atoms with Crippen LogP contribution in [0.2, 0.25) is 0 Å². The van der Waals surface area contributed by atoms with Crippen molar-refractivity contribution in [2.75, 3.05) is 11.4 Å². The van der Waals surface area contributed by atoms with E-state index < -0.39 is 0 Å². The zero-order valence-electron chi connectivity index (χ0n) is 17.2. The van der Waals surface area contributed by atoms with Crippen LogP contribution in [-0.4, -0.2) is 22.4 Å². The molecule has 0 bridgehead atoms. The van der Waals surface area contributed by atoms with Gasteiger partial charge < -0.3 is 4.90 Å². The van der Waals surface area contributed by atoms with E-state index in [1.54, 1.807) is 17.6 Å². The lowest BCUT2D eigenvalue weighted by molar-refractivity contribution is 0.818. The van der Waals surface area contributed by atoms with Crippen LogP contribution in [0.5, 0.6) is 0 Å². The number of rotatable bonds is 7. The fourth-order valence-corrected chi connectivity index (χ4v) is 4.23. The van der Waals surface area contributed by atoms with E-state index in [9.17, 15) is 4.79 Å². The summed E-state index contributed by atoms with van der Waals surface area (Å²) in [6, 6.07) is 20.6. The molecule has 4 rings (SSSR count). The van der Waals surface area contributed by atoms with Crippen LogP contribution in [0.25, 0.3) is 10.2 Å². The maximum Gasteiger partial charge on any atom is 0.282 e. The highest BCUT2D eigenvalue weighted by Gasteiger charge is 2.08. The Hall–Kier alpha value is -3.25. The third-order valence-corrected chi connectivity index (χ3v) is 6.21. The first kappa shape index (κ1) is 20.0. The van der Waals surface area contributed by atoms with Gasteiger partial charge in [0.05, 0.1) is 11.6 Å². The molecule has 0 spiro atoms. The second kappa shape index (κ2) is 9.05. The number of aryl methyl sites for hydroxylation is 1. The molecule has 0 amide bonds. The van der Waals surface area contributed by atoms with Gasteiger partial charge in [0.2, 0.25) is 0 Å². The van der Waals surface area contributed by atoms with Crippen molar-refractivity contribution in [3.8, 4) is 0 Å². The zero-order valence-corrected chi connectivity index (χ0v) is 18.0. The Bertz CT molecular complexity index is 1210. The largest absolute Gasteiger partial charge is 0.367 e. The van der Waals surface area contributed by atoms with Gasteiger partial charge in [-0.25, -0.2) is 4.98 Å². The molecule has 0 aliphatic heterocycles. The van der Waals surface area contributed by atoms with Gasteiger partial charge in [-0.1, -0.05) is 49.4 Å². The molecule has 5 nitrogen and oxygen atoms in total. The molecule has 6 heteroatoms. The summed E-state index contributed by atoms with van der Waals surface area (Å²) in [5.74, 6) is 0. The van der Waals surface area contributed by atoms with Crippen molar-refractivity contribution in [2.45, 2.75) is 26.8 Å². The van der Waals surface area contributed by atoms with Crippen LogP contribution in [0.15, 0.2) is 76.9 Å². The molecule has 0 saturated heterocycles. The van der Waals surface area contributed by atoms with Crippen LogP contribution in [0.4, 0.5) is 5.69 Å². The first-order valence-electron chi connectivity index (χ1n) is 10.1. The van der Waals surface area contributed by atoms with Gasteiger partial charge in [0, 0.05) is 23.7 Å². The average molecular weight is 417 g/mol. The second-order valence-electron chi connectivity index (χ2n) is 7.02. The van der Waals surface area contributed by atoms with Crippen LogP contribution in [0, 0.1) is 0 Å². The summed E-state index contributed by atoms with van der Waals surface area (Å²) < 4.78 is 1.30. The predicted octanol–water partition coefficient (Wildman–Crippen LogP) is 4.93. The van der Waals surface area contributed by atoms with Gasteiger partial charge >= 0.3 is 0 Å². The van der Waals surface area contributed by atoms with Gasteiger partial charge in [-0.2, -0.15) is 9.78 Å². The molecule has 2 aromatic carbocycles. The van der Waals surface area contributed by atoms with E-state index in [0.29, 0.717) is 5.39 Å². The van der Waals surface area contributed by atoms with E-state index in [4.69, 9.17) is 0 Å². The smallest absolute Gasteiger partial charge is 0.282 e. The van der Waals surface area contributed by atoms with E-state index >= 15 is 0 Å². The molecule has 0 fully saturated rings. The minimum Gasteiger partial charge on any atom is -0.367 e. The molecule has 4 aromatic rings. The van der Waals surface area contributed by atoms with Crippen molar-refractivity contribution in [1.82, 2.24) is 9.66 Å². The lowest BCUT2D eigenvalue weighted by Crippen LogP contribution is -2.21. The summed E-state index contributed by atoms with van der Waals surface area (Å²) in [4.78, 5) is 21.3. The molecule has 0 aliphatic rings. The van der Waals surface area contributed by atoms with Crippen LogP contribution < -0.4 is 10.5 Å². The van der Waals surface area contributed by atoms with E-state index in [1.807, 2.05) is 24.3 Å². The van der Waals surface area contributed by atoms with Gasteiger partial charge in [-0.3, -0.25) is 4.79 Å². The highest BCUT2D eigenvalue weighted by Crippen LogP contribution is 2.21. The zero-order chi connectivity index (χ0) is 20.9. The Morgan fingerprint density at radius 3 is 2.57 bits per heavy atom. The first-order valence-corrected chi connectivity index (χ1v) is 10.9. The number of thiophene rings is 1. The van der Waals surface area contributed by atoms with Crippen molar-refractivity contribution in [2.24, 2.45) is 5.10 Å². The highest BCUT2D eigenvalue weighted by atomic mass is 32.1. The quantitative estimate of drug-likeness (QED) is 0.402. The van der Waals surface area contributed by atoms with E-state index in [0.717, 1.165) is 40.5 Å². The van der Waals surface area contributed by atoms with Crippen molar-refractivity contribution in [3.05, 3.63) is 93.3 Å². The normalized spacial score (nSPS) is 11.4. The number of aromatic nitrogens is 2. The molecule has 0 radical (unpaired) electrons. The van der Waals surface area contributed by atoms with E-state index in [-0.39, 0.29) is 5.56 Å². The molecule has 152 valence electrons. The molecule has 0 unspecified atom stereocenters. The van der Waals surface area contributed by atoms with Gasteiger partial charge in [0.1, 0.15) is 11.2 Å². The van der Waals surface area contributed by atoms with Crippen molar-refractivity contribution in [1.29, 1.82) is 0 Å². The fraction of sp³-hybridized carbons (Fsp3) is 0.208. The molecule has 0 aliphatic carbocycles. The Morgan fingerprint density at radius 1 is 1.10 bits per heavy atom. The average Bonchev–Trinajstić information content (AvgIpc) is 3.23. The highest BCUT2D eigenvalue weighted by molar-refractivity contribution is 7.18.